The van der Waals surface area contributed by atoms with E-state index in [-0.39, 0.29) is 5.82 Å². The number of nitriles is 2. The van der Waals surface area contributed by atoms with Crippen molar-refractivity contribution in [1.29, 1.82) is 10.5 Å². The molecule has 0 saturated heterocycles. The van der Waals surface area contributed by atoms with Gasteiger partial charge in [-0.2, -0.15) is 10.5 Å². The van der Waals surface area contributed by atoms with E-state index in [2.05, 4.69) is 17.1 Å². The van der Waals surface area contributed by atoms with Gasteiger partial charge in [0.2, 0.25) is 0 Å². The number of halogens is 1. The highest BCUT2D eigenvalue weighted by atomic mass is 35.5. The number of rotatable bonds is 1. The number of hydrogen-bond acceptors (Lipinski definition) is 4. The van der Waals surface area contributed by atoms with Crippen molar-refractivity contribution < 1.29 is 0 Å². The number of nitrogen functional groups attached to an aromatic ring is 1. The van der Waals surface area contributed by atoms with Crippen molar-refractivity contribution in [1.82, 2.24) is 4.98 Å². The van der Waals surface area contributed by atoms with E-state index < -0.39 is 0 Å². The fraction of sp³-hybridized carbons (Fsp3) is 0.105. The topological polar surface area (TPSA) is 86.5 Å². The average molecular weight is 333 g/mol. The van der Waals surface area contributed by atoms with Crippen molar-refractivity contribution in [2.24, 2.45) is 0 Å². The van der Waals surface area contributed by atoms with Gasteiger partial charge in [-0.3, -0.25) is 0 Å². The van der Waals surface area contributed by atoms with Crippen LogP contribution in [0.25, 0.3) is 17.2 Å². The van der Waals surface area contributed by atoms with Gasteiger partial charge in [0, 0.05) is 10.6 Å². The van der Waals surface area contributed by atoms with Crippen molar-refractivity contribution in [2.75, 3.05) is 5.73 Å². The van der Waals surface area contributed by atoms with Gasteiger partial charge in [-0.25, -0.2) is 4.98 Å². The molecule has 2 N–H and O–H groups in total. The predicted molar refractivity (Wildman–Crippen MR) is 95.6 cm³/mol. The minimum absolute atomic E-state index is 0.147. The van der Waals surface area contributed by atoms with Crippen LogP contribution >= 0.6 is 11.6 Å². The normalized spacial score (nSPS) is 14.5. The van der Waals surface area contributed by atoms with E-state index in [0.29, 0.717) is 21.9 Å². The Hall–Kier alpha value is -3.08. The molecule has 0 aliphatic heterocycles. The largest absolute Gasteiger partial charge is 0.383 e. The molecule has 116 valence electrons. The summed E-state index contributed by atoms with van der Waals surface area (Å²) in [5.41, 5.74) is 11.2. The molecule has 0 amide bonds. The Kier molecular flexibility index (Phi) is 3.85. The van der Waals surface area contributed by atoms with Crippen molar-refractivity contribution in [2.45, 2.75) is 13.8 Å². The predicted octanol–water partition coefficient (Wildman–Crippen LogP) is 4.35. The summed E-state index contributed by atoms with van der Waals surface area (Å²) in [5.74, 6) is 0.147. The zero-order valence-electron chi connectivity index (χ0n) is 13.2. The van der Waals surface area contributed by atoms with Crippen LogP contribution in [0, 0.1) is 29.6 Å². The van der Waals surface area contributed by atoms with Crippen LogP contribution in [-0.4, -0.2) is 4.98 Å². The summed E-state index contributed by atoms with van der Waals surface area (Å²) in [6, 6.07) is 11.8. The van der Waals surface area contributed by atoms with E-state index in [1.807, 2.05) is 44.2 Å². The minimum atomic E-state index is 0.147. The van der Waals surface area contributed by atoms with E-state index >= 15 is 0 Å². The number of benzene rings is 1. The van der Waals surface area contributed by atoms with Crippen LogP contribution in [0.15, 0.2) is 29.8 Å². The van der Waals surface area contributed by atoms with E-state index in [0.717, 1.165) is 27.8 Å². The molecule has 0 atom stereocenters. The monoisotopic (exact) mass is 332 g/mol. The van der Waals surface area contributed by atoms with Gasteiger partial charge in [0.1, 0.15) is 18.0 Å². The van der Waals surface area contributed by atoms with Crippen LogP contribution < -0.4 is 5.73 Å². The summed E-state index contributed by atoms with van der Waals surface area (Å²) in [7, 11) is 0. The summed E-state index contributed by atoms with van der Waals surface area (Å²) < 4.78 is 0. The molecular formula is C19H13ClN4. The van der Waals surface area contributed by atoms with Crippen LogP contribution in [0.1, 0.15) is 34.9 Å². The summed E-state index contributed by atoms with van der Waals surface area (Å²) >= 11 is 6.26. The maximum Gasteiger partial charge on any atom is 0.142 e. The smallest absolute Gasteiger partial charge is 0.142 e. The molecule has 0 fully saturated rings. The molecule has 1 heterocycles. The third kappa shape index (κ3) is 2.25. The Labute approximate surface area is 145 Å². The lowest BCUT2D eigenvalue weighted by Gasteiger charge is -2.11. The first-order chi connectivity index (χ1) is 11.5. The standard InChI is InChI=1S/C19H13ClN4/c1-10-13(7-12-5-3-4-6-16(12)20)17-11(2)15(9-22)19(23)24-18(17)14(10)8-21/h3-7H,1-2H3,(H2,23,24)/b13-7-. The molecule has 1 aromatic carbocycles. The number of allylic oxidation sites excluding steroid dienone is 3. The van der Waals surface area contributed by atoms with Gasteiger partial charge in [0.05, 0.1) is 16.8 Å². The Morgan fingerprint density at radius 1 is 1.17 bits per heavy atom. The Morgan fingerprint density at radius 3 is 2.50 bits per heavy atom. The maximum absolute atomic E-state index is 9.52. The molecule has 1 aliphatic rings. The molecule has 5 heteroatoms. The van der Waals surface area contributed by atoms with Crippen LogP contribution in [0.2, 0.25) is 5.02 Å². The van der Waals surface area contributed by atoms with Crippen molar-refractivity contribution >= 4 is 34.6 Å². The molecule has 0 bridgehead atoms. The number of pyridine rings is 1. The Morgan fingerprint density at radius 2 is 1.88 bits per heavy atom. The van der Waals surface area contributed by atoms with Gasteiger partial charge in [0.15, 0.2) is 0 Å². The van der Waals surface area contributed by atoms with Crippen molar-refractivity contribution in [3.05, 3.63) is 62.8 Å². The summed E-state index contributed by atoms with van der Waals surface area (Å²) in [6.45, 7) is 3.69. The second-order valence-corrected chi connectivity index (χ2v) is 5.93. The van der Waals surface area contributed by atoms with Gasteiger partial charge in [-0.05, 0) is 48.3 Å². The lowest BCUT2D eigenvalue weighted by molar-refractivity contribution is 1.22. The quantitative estimate of drug-likeness (QED) is 0.841. The second-order valence-electron chi connectivity index (χ2n) is 5.52. The zero-order chi connectivity index (χ0) is 17.4. The lowest BCUT2D eigenvalue weighted by atomic mass is 9.95. The molecule has 3 rings (SSSR count). The third-order valence-corrected chi connectivity index (χ3v) is 4.53. The van der Waals surface area contributed by atoms with Crippen LogP contribution in [0.4, 0.5) is 5.82 Å². The summed E-state index contributed by atoms with van der Waals surface area (Å²) in [5, 5.41) is 19.5. The number of nitrogens with two attached hydrogens (primary N) is 1. The first-order valence-electron chi connectivity index (χ1n) is 7.28. The number of nitrogens with zero attached hydrogens (tertiary/aromatic N) is 3. The molecule has 1 aromatic heterocycles. The Bertz CT molecular complexity index is 1020. The highest BCUT2D eigenvalue weighted by Crippen LogP contribution is 2.44. The first-order valence-corrected chi connectivity index (χ1v) is 7.65. The molecule has 0 radical (unpaired) electrons. The second kappa shape index (κ2) is 5.85. The number of fused-ring (bicyclic) bond motifs is 1. The molecule has 0 saturated carbocycles. The molecular weight excluding hydrogens is 320 g/mol. The van der Waals surface area contributed by atoms with Gasteiger partial charge in [-0.15, -0.1) is 0 Å². The molecule has 0 spiro atoms. The third-order valence-electron chi connectivity index (χ3n) is 4.19. The number of anilines is 1. The minimum Gasteiger partial charge on any atom is -0.383 e. The SMILES string of the molecule is CC1=C(C#N)c2nc(N)c(C#N)c(C)c2/C1=C\c1ccccc1Cl. The summed E-state index contributed by atoms with van der Waals surface area (Å²) in [6.07, 6.45) is 1.92. The zero-order valence-corrected chi connectivity index (χ0v) is 13.9. The fourth-order valence-electron chi connectivity index (χ4n) is 2.94. The van der Waals surface area contributed by atoms with Gasteiger partial charge < -0.3 is 5.73 Å². The summed E-state index contributed by atoms with van der Waals surface area (Å²) in [4.78, 5) is 4.30. The van der Waals surface area contributed by atoms with E-state index in [9.17, 15) is 10.5 Å². The number of aromatic nitrogens is 1. The van der Waals surface area contributed by atoms with Crippen LogP contribution in [0.3, 0.4) is 0 Å². The molecule has 0 unspecified atom stereocenters. The van der Waals surface area contributed by atoms with E-state index in [1.54, 1.807) is 0 Å². The van der Waals surface area contributed by atoms with Gasteiger partial charge in [0.25, 0.3) is 0 Å². The van der Waals surface area contributed by atoms with Crippen LogP contribution in [-0.2, 0) is 0 Å². The van der Waals surface area contributed by atoms with Crippen molar-refractivity contribution in [3.63, 3.8) is 0 Å². The van der Waals surface area contributed by atoms with Gasteiger partial charge >= 0.3 is 0 Å². The molecule has 24 heavy (non-hydrogen) atoms. The highest BCUT2D eigenvalue weighted by Gasteiger charge is 2.29. The first kappa shape index (κ1) is 15.8. The van der Waals surface area contributed by atoms with Crippen molar-refractivity contribution in [3.8, 4) is 12.1 Å². The average Bonchev–Trinajstić information content (AvgIpc) is 2.81. The fourth-order valence-corrected chi connectivity index (χ4v) is 3.13. The van der Waals surface area contributed by atoms with E-state index in [4.69, 9.17) is 17.3 Å². The van der Waals surface area contributed by atoms with Crippen LogP contribution in [0.5, 0.6) is 0 Å². The molecule has 4 nitrogen and oxygen atoms in total. The Balaban J connectivity index is 2.36. The van der Waals surface area contributed by atoms with Gasteiger partial charge in [-0.1, -0.05) is 29.8 Å². The lowest BCUT2D eigenvalue weighted by Crippen LogP contribution is -2.03. The van der Waals surface area contributed by atoms with E-state index in [1.165, 1.54) is 0 Å². The maximum atomic E-state index is 9.52. The molecule has 2 aromatic rings. The molecule has 1 aliphatic carbocycles. The highest BCUT2D eigenvalue weighted by molar-refractivity contribution is 6.32. The number of hydrogen-bond donors (Lipinski definition) is 1.